The minimum atomic E-state index is 0. The molecule has 0 aromatic heterocycles. The molecule has 1 aromatic rings. The minimum Gasteiger partial charge on any atom is -0.508 e. The molecule has 0 spiro atoms. The lowest BCUT2D eigenvalue weighted by Gasteiger charge is -1.99. The molecule has 1 rings (SSSR count). The summed E-state index contributed by atoms with van der Waals surface area (Å²) < 4.78 is 0. The number of hydrogen-bond donors (Lipinski definition) is 3. The molecule has 0 fully saturated rings. The van der Waals surface area contributed by atoms with Gasteiger partial charge in [-0.15, -0.1) is 0 Å². The average molecular weight is 155 g/mol. The van der Waals surface area contributed by atoms with Crippen molar-refractivity contribution in [2.75, 3.05) is 6.61 Å². The van der Waals surface area contributed by atoms with Crippen LogP contribution in [0.5, 0.6) is 5.75 Å². The van der Waals surface area contributed by atoms with Gasteiger partial charge >= 0.3 is 0 Å². The monoisotopic (exact) mass is 155 g/mol. The van der Waals surface area contributed by atoms with Crippen LogP contribution in [0, 0.1) is 0 Å². The Morgan fingerprint density at radius 3 is 2.36 bits per heavy atom. The van der Waals surface area contributed by atoms with Crippen molar-refractivity contribution >= 4 is 0 Å². The SMILES string of the molecule is N.OCCc1ccccc1O. The topological polar surface area (TPSA) is 75.5 Å². The molecule has 0 radical (unpaired) electrons. The lowest BCUT2D eigenvalue weighted by molar-refractivity contribution is 0.297. The summed E-state index contributed by atoms with van der Waals surface area (Å²) in [7, 11) is 0. The summed E-state index contributed by atoms with van der Waals surface area (Å²) in [4.78, 5) is 0. The van der Waals surface area contributed by atoms with Gasteiger partial charge in [-0.25, -0.2) is 0 Å². The smallest absolute Gasteiger partial charge is 0.118 e. The van der Waals surface area contributed by atoms with Crippen LogP contribution in [0.3, 0.4) is 0 Å². The number of aromatic hydroxyl groups is 1. The first-order valence-corrected chi connectivity index (χ1v) is 3.22. The number of para-hydroxylation sites is 1. The van der Waals surface area contributed by atoms with Crippen molar-refractivity contribution in [2.24, 2.45) is 0 Å². The first-order valence-electron chi connectivity index (χ1n) is 3.22. The van der Waals surface area contributed by atoms with E-state index in [-0.39, 0.29) is 18.5 Å². The molecule has 0 unspecified atom stereocenters. The summed E-state index contributed by atoms with van der Waals surface area (Å²) in [5.41, 5.74) is 0.796. The maximum absolute atomic E-state index is 9.13. The third kappa shape index (κ3) is 2.57. The second-order valence-corrected chi connectivity index (χ2v) is 2.10. The molecule has 0 amide bonds. The summed E-state index contributed by atoms with van der Waals surface area (Å²) in [5, 5.41) is 17.7. The van der Waals surface area contributed by atoms with Gasteiger partial charge in [0.2, 0.25) is 0 Å². The fourth-order valence-electron chi connectivity index (χ4n) is 0.843. The highest BCUT2D eigenvalue weighted by Crippen LogP contribution is 2.15. The van der Waals surface area contributed by atoms with Gasteiger partial charge in [-0.2, -0.15) is 0 Å². The van der Waals surface area contributed by atoms with E-state index in [2.05, 4.69) is 0 Å². The van der Waals surface area contributed by atoms with Crippen molar-refractivity contribution in [3.8, 4) is 5.75 Å². The highest BCUT2D eigenvalue weighted by atomic mass is 16.3. The highest BCUT2D eigenvalue weighted by Gasteiger charge is 1.95. The van der Waals surface area contributed by atoms with Crippen molar-refractivity contribution < 1.29 is 10.2 Å². The van der Waals surface area contributed by atoms with Gasteiger partial charge in [0.1, 0.15) is 5.75 Å². The van der Waals surface area contributed by atoms with E-state index in [4.69, 9.17) is 10.2 Å². The number of hydrogen-bond acceptors (Lipinski definition) is 3. The van der Waals surface area contributed by atoms with Crippen LogP contribution in [0.2, 0.25) is 0 Å². The van der Waals surface area contributed by atoms with Crippen LogP contribution in [0.1, 0.15) is 5.56 Å². The molecule has 0 saturated carbocycles. The van der Waals surface area contributed by atoms with Crippen LogP contribution in [0.4, 0.5) is 0 Å². The van der Waals surface area contributed by atoms with E-state index >= 15 is 0 Å². The average Bonchev–Trinajstić information content (AvgIpc) is 1.94. The number of benzene rings is 1. The third-order valence-electron chi connectivity index (χ3n) is 1.37. The fraction of sp³-hybridized carbons (Fsp3) is 0.250. The largest absolute Gasteiger partial charge is 0.508 e. The Morgan fingerprint density at radius 2 is 1.82 bits per heavy atom. The van der Waals surface area contributed by atoms with Gasteiger partial charge in [0, 0.05) is 6.61 Å². The maximum Gasteiger partial charge on any atom is 0.118 e. The number of rotatable bonds is 2. The molecular weight excluding hydrogens is 142 g/mol. The number of aliphatic hydroxyl groups is 1. The molecule has 1 aromatic carbocycles. The molecule has 11 heavy (non-hydrogen) atoms. The van der Waals surface area contributed by atoms with Gasteiger partial charge in [-0.05, 0) is 18.1 Å². The molecule has 62 valence electrons. The van der Waals surface area contributed by atoms with Crippen LogP contribution in [-0.2, 0) is 6.42 Å². The summed E-state index contributed by atoms with van der Waals surface area (Å²) >= 11 is 0. The van der Waals surface area contributed by atoms with Crippen molar-refractivity contribution in [1.29, 1.82) is 0 Å². The van der Waals surface area contributed by atoms with Crippen molar-refractivity contribution in [1.82, 2.24) is 6.15 Å². The minimum absolute atomic E-state index is 0. The summed E-state index contributed by atoms with van der Waals surface area (Å²) in [6.45, 7) is 0.0809. The standard InChI is InChI=1S/C8H10O2.H3N/c9-6-5-7-3-1-2-4-8(7)10;/h1-4,9-10H,5-6H2;1H3. The van der Waals surface area contributed by atoms with Crippen LogP contribution >= 0.6 is 0 Å². The zero-order valence-corrected chi connectivity index (χ0v) is 6.33. The molecular formula is C8H13NO2. The molecule has 0 heterocycles. The van der Waals surface area contributed by atoms with Gasteiger partial charge in [-0.3, -0.25) is 0 Å². The molecule has 0 aliphatic rings. The predicted octanol–water partition coefficient (Wildman–Crippen LogP) is 1.09. The number of phenols is 1. The van der Waals surface area contributed by atoms with Crippen LogP contribution in [-0.4, -0.2) is 16.8 Å². The maximum atomic E-state index is 9.13. The number of aliphatic hydroxyl groups excluding tert-OH is 1. The van der Waals surface area contributed by atoms with Crippen LogP contribution in [0.15, 0.2) is 24.3 Å². The molecule has 3 heteroatoms. The molecule has 0 atom stereocenters. The molecule has 3 nitrogen and oxygen atoms in total. The summed E-state index contributed by atoms with van der Waals surface area (Å²) in [6.07, 6.45) is 0.521. The molecule has 5 N–H and O–H groups in total. The van der Waals surface area contributed by atoms with Crippen molar-refractivity contribution in [2.45, 2.75) is 6.42 Å². The van der Waals surface area contributed by atoms with Gasteiger partial charge in [0.25, 0.3) is 0 Å². The zero-order valence-electron chi connectivity index (χ0n) is 6.33. The molecule has 0 aliphatic carbocycles. The normalized spacial score (nSPS) is 8.82. The second-order valence-electron chi connectivity index (χ2n) is 2.10. The Kier molecular flexibility index (Phi) is 4.26. The summed E-state index contributed by atoms with van der Waals surface area (Å²) in [6, 6.07) is 7.01. The predicted molar refractivity (Wildman–Crippen MR) is 43.9 cm³/mol. The van der Waals surface area contributed by atoms with Gasteiger partial charge in [0.05, 0.1) is 0 Å². The molecule has 0 aliphatic heterocycles. The highest BCUT2D eigenvalue weighted by molar-refractivity contribution is 5.31. The quantitative estimate of drug-likeness (QED) is 0.598. The van der Waals surface area contributed by atoms with E-state index in [1.165, 1.54) is 0 Å². The van der Waals surface area contributed by atoms with E-state index in [1.807, 2.05) is 6.07 Å². The first-order chi connectivity index (χ1) is 4.84. The van der Waals surface area contributed by atoms with Crippen molar-refractivity contribution in [3.63, 3.8) is 0 Å². The Bertz CT molecular complexity index is 213. The molecule has 0 saturated heterocycles. The third-order valence-corrected chi connectivity index (χ3v) is 1.37. The summed E-state index contributed by atoms with van der Waals surface area (Å²) in [5.74, 6) is 0.261. The second kappa shape index (κ2) is 4.71. The van der Waals surface area contributed by atoms with E-state index in [0.717, 1.165) is 5.56 Å². The van der Waals surface area contributed by atoms with E-state index in [9.17, 15) is 0 Å². The number of phenolic OH excluding ortho intramolecular Hbond substituents is 1. The lowest BCUT2D eigenvalue weighted by Crippen LogP contribution is -1.89. The first kappa shape index (κ1) is 9.94. The Hall–Kier alpha value is -1.06. The van der Waals surface area contributed by atoms with Gasteiger partial charge < -0.3 is 16.4 Å². The molecule has 0 bridgehead atoms. The Morgan fingerprint density at radius 1 is 1.18 bits per heavy atom. The van der Waals surface area contributed by atoms with E-state index in [0.29, 0.717) is 6.42 Å². The Balaban J connectivity index is 0.000001000. The van der Waals surface area contributed by atoms with Crippen LogP contribution in [0.25, 0.3) is 0 Å². The lowest BCUT2D eigenvalue weighted by atomic mass is 10.1. The Labute approximate surface area is 65.9 Å². The fourth-order valence-corrected chi connectivity index (χ4v) is 0.843. The zero-order chi connectivity index (χ0) is 7.40. The van der Waals surface area contributed by atoms with Gasteiger partial charge in [-0.1, -0.05) is 18.2 Å². The van der Waals surface area contributed by atoms with E-state index < -0.39 is 0 Å². The van der Waals surface area contributed by atoms with Crippen LogP contribution < -0.4 is 6.15 Å². The van der Waals surface area contributed by atoms with Crippen molar-refractivity contribution in [3.05, 3.63) is 29.8 Å². The van der Waals surface area contributed by atoms with Gasteiger partial charge in [0.15, 0.2) is 0 Å². The van der Waals surface area contributed by atoms with E-state index in [1.54, 1.807) is 18.2 Å².